The molecule has 45 heavy (non-hydrogen) atoms. The van der Waals surface area contributed by atoms with Gasteiger partial charge in [-0.05, 0) is 30.2 Å². The number of likely N-dealkylation sites (tertiary alicyclic amines) is 1. The zero-order chi connectivity index (χ0) is 32.8. The number of ketones is 1. The molecule has 3 amide bonds. The number of ether oxygens (including phenoxy) is 1. The molecule has 0 saturated carbocycles. The minimum absolute atomic E-state index is 0.00779. The second kappa shape index (κ2) is 14.6. The quantitative estimate of drug-likeness (QED) is 0.244. The third-order valence-corrected chi connectivity index (χ3v) is 7.75. The van der Waals surface area contributed by atoms with Gasteiger partial charge < -0.3 is 29.8 Å². The van der Waals surface area contributed by atoms with Gasteiger partial charge in [0.05, 0.1) is 34.8 Å². The molecule has 0 bridgehead atoms. The Labute approximate surface area is 269 Å². The first kappa shape index (κ1) is 33.5. The molecule has 0 aliphatic carbocycles. The lowest BCUT2D eigenvalue weighted by Crippen LogP contribution is -2.56. The molecule has 4 rings (SSSR count). The van der Waals surface area contributed by atoms with Crippen LogP contribution >= 0.6 is 23.2 Å². The maximum Gasteiger partial charge on any atom is 0.305 e. The molecule has 3 N–H and O–H groups in total. The molecule has 0 radical (unpaired) electrons. The van der Waals surface area contributed by atoms with Crippen LogP contribution in [0.25, 0.3) is 11.3 Å². The minimum Gasteiger partial charge on any atom is -0.488 e. The number of aromatic nitrogens is 1. The fourth-order valence-corrected chi connectivity index (χ4v) is 5.60. The van der Waals surface area contributed by atoms with Crippen molar-refractivity contribution in [3.8, 4) is 17.1 Å². The molecule has 0 spiro atoms. The van der Waals surface area contributed by atoms with E-state index in [-0.39, 0.29) is 40.3 Å². The fraction of sp³-hybridized carbons (Fsp3) is 0.355. The van der Waals surface area contributed by atoms with E-state index in [9.17, 15) is 29.1 Å². The monoisotopic (exact) mass is 658 g/mol. The van der Waals surface area contributed by atoms with Crippen molar-refractivity contribution in [1.29, 1.82) is 0 Å². The smallest absolute Gasteiger partial charge is 0.305 e. The molecule has 2 aromatic carbocycles. The Balaban J connectivity index is 1.60. The van der Waals surface area contributed by atoms with Crippen LogP contribution in [0.15, 0.2) is 59.1 Å². The van der Waals surface area contributed by atoms with E-state index in [0.717, 1.165) is 0 Å². The van der Waals surface area contributed by atoms with Gasteiger partial charge in [-0.25, -0.2) is 4.98 Å². The predicted molar refractivity (Wildman–Crippen MR) is 164 cm³/mol. The number of oxazole rings is 1. The van der Waals surface area contributed by atoms with E-state index < -0.39 is 66.0 Å². The van der Waals surface area contributed by atoms with Crippen molar-refractivity contribution in [2.75, 3.05) is 6.54 Å². The number of rotatable bonds is 12. The summed E-state index contributed by atoms with van der Waals surface area (Å²) >= 11 is 12.5. The predicted octanol–water partition coefficient (Wildman–Crippen LogP) is 4.00. The van der Waals surface area contributed by atoms with Crippen molar-refractivity contribution in [2.24, 2.45) is 5.92 Å². The summed E-state index contributed by atoms with van der Waals surface area (Å²) < 4.78 is 11.6. The summed E-state index contributed by atoms with van der Waals surface area (Å²) in [4.78, 5) is 69.8. The second-order valence-corrected chi connectivity index (χ2v) is 11.7. The Morgan fingerprint density at radius 2 is 1.71 bits per heavy atom. The molecule has 12 nitrogen and oxygen atoms in total. The van der Waals surface area contributed by atoms with Crippen molar-refractivity contribution >= 4 is 52.7 Å². The summed E-state index contributed by atoms with van der Waals surface area (Å²) in [5.74, 6) is -4.20. The van der Waals surface area contributed by atoms with Crippen molar-refractivity contribution in [3.63, 3.8) is 0 Å². The van der Waals surface area contributed by atoms with Crippen LogP contribution in [0.1, 0.15) is 44.3 Å². The maximum atomic E-state index is 13.7. The van der Waals surface area contributed by atoms with Gasteiger partial charge >= 0.3 is 5.97 Å². The van der Waals surface area contributed by atoms with Crippen LogP contribution in [-0.2, 0) is 19.2 Å². The molecule has 3 aromatic rings. The highest BCUT2D eigenvalue weighted by Gasteiger charge is 2.44. The number of nitrogens with one attached hydrogen (secondary N) is 2. The summed E-state index contributed by atoms with van der Waals surface area (Å²) in [7, 11) is 0. The van der Waals surface area contributed by atoms with Crippen molar-refractivity contribution < 1.29 is 38.2 Å². The zero-order valence-corrected chi connectivity index (χ0v) is 26.2. The number of carboxylic acids is 1. The number of nitrogens with zero attached hydrogens (tertiary/aromatic N) is 2. The van der Waals surface area contributed by atoms with E-state index in [1.54, 1.807) is 56.3 Å². The SMILES string of the molecule is CC(=O)NC(C(=O)N1CC(Oc2ccccc2)CC1C(=O)NC(CC(=O)O)C(=O)c1ncc(-c2c(Cl)cccc2Cl)o1)C(C)C. The molecule has 2 heterocycles. The topological polar surface area (TPSA) is 168 Å². The van der Waals surface area contributed by atoms with Crippen LogP contribution < -0.4 is 15.4 Å². The summed E-state index contributed by atoms with van der Waals surface area (Å²) in [6.07, 6.45) is -0.142. The molecule has 4 atom stereocenters. The molecule has 1 aliphatic rings. The lowest BCUT2D eigenvalue weighted by atomic mass is 10.0. The van der Waals surface area contributed by atoms with Crippen LogP contribution in [-0.4, -0.2) is 75.2 Å². The van der Waals surface area contributed by atoms with E-state index in [4.69, 9.17) is 32.4 Å². The molecule has 1 fully saturated rings. The number of carbonyl (C=O) groups excluding carboxylic acids is 4. The van der Waals surface area contributed by atoms with Crippen LogP contribution in [0.2, 0.25) is 10.0 Å². The highest BCUT2D eigenvalue weighted by atomic mass is 35.5. The summed E-state index contributed by atoms with van der Waals surface area (Å²) in [5, 5.41) is 15.2. The Morgan fingerprint density at radius 3 is 2.31 bits per heavy atom. The number of carboxylic acid groups (broad SMARTS) is 1. The Hall–Kier alpha value is -4.42. The van der Waals surface area contributed by atoms with Gasteiger partial charge in [0.2, 0.25) is 23.5 Å². The molecular weight excluding hydrogens is 627 g/mol. The lowest BCUT2D eigenvalue weighted by Gasteiger charge is -2.30. The van der Waals surface area contributed by atoms with Gasteiger partial charge in [-0.3, -0.25) is 24.0 Å². The molecule has 1 saturated heterocycles. The van der Waals surface area contributed by atoms with E-state index in [1.807, 2.05) is 6.07 Å². The molecule has 238 valence electrons. The van der Waals surface area contributed by atoms with Crippen molar-refractivity contribution in [2.45, 2.75) is 57.8 Å². The maximum absolute atomic E-state index is 13.7. The standard InChI is InChI=1S/C31H32Cl2N4O8/c1-16(2)27(35-17(3)38)31(43)37-15-19(44-18-8-5-4-6-9-18)12-23(37)29(42)36-22(13-25(39)40)28(41)30-34-14-24(45-30)26-20(32)10-7-11-21(26)33/h4-11,14,16,19,22-23,27H,12-13,15H2,1-3H3,(H,35,38)(H,36,42)(H,39,40). The summed E-state index contributed by atoms with van der Waals surface area (Å²) in [5.41, 5.74) is 0.287. The van der Waals surface area contributed by atoms with Crippen LogP contribution in [0.5, 0.6) is 5.75 Å². The summed E-state index contributed by atoms with van der Waals surface area (Å²) in [6.45, 7) is 4.80. The van der Waals surface area contributed by atoms with Gasteiger partial charge in [0.15, 0.2) is 5.76 Å². The van der Waals surface area contributed by atoms with Gasteiger partial charge in [0.1, 0.15) is 30.0 Å². The average molecular weight is 660 g/mol. The van der Waals surface area contributed by atoms with Crippen LogP contribution in [0.3, 0.4) is 0 Å². The number of para-hydroxylation sites is 1. The Bertz CT molecular complexity index is 1560. The first-order valence-electron chi connectivity index (χ1n) is 14.1. The second-order valence-electron chi connectivity index (χ2n) is 10.9. The van der Waals surface area contributed by atoms with Gasteiger partial charge in [-0.1, -0.05) is 61.3 Å². The third kappa shape index (κ3) is 8.20. The third-order valence-electron chi connectivity index (χ3n) is 7.12. The van der Waals surface area contributed by atoms with Gasteiger partial charge in [-0.2, -0.15) is 0 Å². The van der Waals surface area contributed by atoms with Crippen molar-refractivity contribution in [3.05, 3.63) is 70.7 Å². The fourth-order valence-electron chi connectivity index (χ4n) is 5.02. The van der Waals surface area contributed by atoms with Crippen LogP contribution in [0.4, 0.5) is 0 Å². The number of hydrogen-bond acceptors (Lipinski definition) is 8. The normalized spacial score (nSPS) is 17.4. The lowest BCUT2D eigenvalue weighted by molar-refractivity contribution is -0.142. The number of amides is 3. The highest BCUT2D eigenvalue weighted by molar-refractivity contribution is 6.39. The molecule has 4 unspecified atom stereocenters. The average Bonchev–Trinajstić information content (AvgIpc) is 3.63. The van der Waals surface area contributed by atoms with Crippen LogP contribution in [0, 0.1) is 5.92 Å². The number of halogens is 2. The van der Waals surface area contributed by atoms with E-state index in [1.165, 1.54) is 18.0 Å². The summed E-state index contributed by atoms with van der Waals surface area (Å²) in [6, 6.07) is 9.92. The Morgan fingerprint density at radius 1 is 1.04 bits per heavy atom. The largest absolute Gasteiger partial charge is 0.488 e. The minimum atomic E-state index is -1.59. The zero-order valence-electron chi connectivity index (χ0n) is 24.7. The van der Waals surface area contributed by atoms with Crippen molar-refractivity contribution in [1.82, 2.24) is 20.5 Å². The highest BCUT2D eigenvalue weighted by Crippen LogP contribution is 2.35. The van der Waals surface area contributed by atoms with Gasteiger partial charge in [0, 0.05) is 13.3 Å². The number of carbonyl (C=O) groups is 5. The van der Waals surface area contributed by atoms with Gasteiger partial charge in [0.25, 0.3) is 5.89 Å². The number of aliphatic carboxylic acids is 1. The first-order valence-corrected chi connectivity index (χ1v) is 14.9. The van der Waals surface area contributed by atoms with E-state index in [0.29, 0.717) is 5.75 Å². The molecule has 1 aliphatic heterocycles. The van der Waals surface area contributed by atoms with E-state index in [2.05, 4.69) is 15.6 Å². The van der Waals surface area contributed by atoms with E-state index >= 15 is 0 Å². The number of hydrogen-bond donors (Lipinski definition) is 3. The molecule has 14 heteroatoms. The number of Topliss-reactive ketones (excluding diaryl/α,β-unsaturated/α-hetero) is 1. The molecule has 1 aromatic heterocycles. The Kier molecular flexibility index (Phi) is 10.8. The number of benzene rings is 2. The van der Waals surface area contributed by atoms with Gasteiger partial charge in [-0.15, -0.1) is 0 Å². The first-order chi connectivity index (χ1) is 21.3. The molecular formula is C31H32Cl2N4O8.